The van der Waals surface area contributed by atoms with Gasteiger partial charge in [0.15, 0.2) is 0 Å². The molecule has 0 saturated carbocycles. The molecule has 0 spiro atoms. The van der Waals surface area contributed by atoms with Gasteiger partial charge in [0, 0.05) is 19.6 Å². The Morgan fingerprint density at radius 1 is 1.25 bits per heavy atom. The molecule has 4 N–H and O–H groups in total. The van der Waals surface area contributed by atoms with Gasteiger partial charge in [-0.3, -0.25) is 4.79 Å². The average Bonchev–Trinajstić information content (AvgIpc) is 2.34. The lowest BCUT2D eigenvalue weighted by Crippen LogP contribution is -2.35. The number of benzene rings is 1. The van der Waals surface area contributed by atoms with Crippen molar-refractivity contribution >= 4 is 17.3 Å². The molecule has 20 heavy (non-hydrogen) atoms. The summed E-state index contributed by atoms with van der Waals surface area (Å²) in [4.78, 5) is 15.7. The minimum absolute atomic E-state index is 0.390. The minimum atomic E-state index is -0.485. The predicted octanol–water partition coefficient (Wildman–Crippen LogP) is 1.39. The van der Waals surface area contributed by atoms with E-state index in [1.807, 2.05) is 26.2 Å². The summed E-state index contributed by atoms with van der Waals surface area (Å²) in [5.74, 6) is 0.0234. The number of nitrogens with two attached hydrogens (primary N) is 2. The summed E-state index contributed by atoms with van der Waals surface area (Å²) >= 11 is 0. The van der Waals surface area contributed by atoms with E-state index in [1.54, 1.807) is 6.07 Å². The Morgan fingerprint density at radius 2 is 1.90 bits per heavy atom. The number of anilines is 2. The van der Waals surface area contributed by atoms with E-state index < -0.39 is 5.91 Å². The molecule has 5 heteroatoms. The minimum Gasteiger partial charge on any atom is -0.396 e. The molecule has 1 amide bonds. The van der Waals surface area contributed by atoms with Gasteiger partial charge in [-0.05, 0) is 32.1 Å². The molecule has 0 fully saturated rings. The number of hydrogen-bond acceptors (Lipinski definition) is 4. The van der Waals surface area contributed by atoms with Crippen LogP contribution in [0.15, 0.2) is 18.2 Å². The van der Waals surface area contributed by atoms with Crippen LogP contribution in [-0.4, -0.2) is 44.5 Å². The summed E-state index contributed by atoms with van der Waals surface area (Å²) < 4.78 is 0. The van der Waals surface area contributed by atoms with E-state index in [9.17, 15) is 4.79 Å². The lowest BCUT2D eigenvalue weighted by atomic mass is 10.1. The fraction of sp³-hybridized carbons (Fsp3) is 0.533. The highest BCUT2D eigenvalue weighted by atomic mass is 16.1. The fourth-order valence-electron chi connectivity index (χ4n) is 2.12. The SMILES string of the molecule is CC(C)CN(CCN(C)C)c1cccc(C(N)=O)c1N. The smallest absolute Gasteiger partial charge is 0.250 e. The molecule has 0 aliphatic heterocycles. The van der Waals surface area contributed by atoms with Crippen molar-refractivity contribution in [2.75, 3.05) is 44.4 Å². The molecule has 0 atom stereocenters. The second-order valence-electron chi connectivity index (χ2n) is 5.75. The number of nitrogen functional groups attached to an aromatic ring is 1. The molecule has 0 radical (unpaired) electrons. The highest BCUT2D eigenvalue weighted by Gasteiger charge is 2.16. The number of para-hydroxylation sites is 1. The van der Waals surface area contributed by atoms with E-state index in [4.69, 9.17) is 11.5 Å². The Morgan fingerprint density at radius 3 is 2.40 bits per heavy atom. The van der Waals surface area contributed by atoms with Crippen LogP contribution in [0.3, 0.4) is 0 Å². The topological polar surface area (TPSA) is 75.6 Å². The number of likely N-dealkylation sites (N-methyl/N-ethyl adjacent to an activating group) is 1. The molecule has 0 aliphatic carbocycles. The molecule has 1 rings (SSSR count). The van der Waals surface area contributed by atoms with Crippen LogP contribution in [0, 0.1) is 5.92 Å². The number of carbonyl (C=O) groups is 1. The first-order valence-electron chi connectivity index (χ1n) is 6.91. The van der Waals surface area contributed by atoms with Crippen LogP contribution in [0.1, 0.15) is 24.2 Å². The van der Waals surface area contributed by atoms with Gasteiger partial charge >= 0.3 is 0 Å². The van der Waals surface area contributed by atoms with Crippen molar-refractivity contribution in [3.8, 4) is 0 Å². The third-order valence-electron chi connectivity index (χ3n) is 3.09. The normalized spacial score (nSPS) is 11.1. The predicted molar refractivity (Wildman–Crippen MR) is 85.0 cm³/mol. The number of rotatable bonds is 7. The molecule has 0 saturated heterocycles. The Bertz CT molecular complexity index is 457. The molecule has 0 heterocycles. The van der Waals surface area contributed by atoms with Gasteiger partial charge in [-0.2, -0.15) is 0 Å². The Balaban J connectivity index is 3.06. The number of primary amides is 1. The van der Waals surface area contributed by atoms with E-state index in [0.717, 1.165) is 25.3 Å². The zero-order chi connectivity index (χ0) is 15.3. The number of carbonyl (C=O) groups excluding carboxylic acids is 1. The van der Waals surface area contributed by atoms with Crippen LogP contribution >= 0.6 is 0 Å². The third kappa shape index (κ3) is 4.42. The summed E-state index contributed by atoms with van der Waals surface area (Å²) in [5.41, 5.74) is 13.2. The van der Waals surface area contributed by atoms with Gasteiger partial charge in [0.05, 0.1) is 16.9 Å². The maximum absolute atomic E-state index is 11.4. The van der Waals surface area contributed by atoms with E-state index >= 15 is 0 Å². The van der Waals surface area contributed by atoms with Crippen LogP contribution in [0.5, 0.6) is 0 Å². The van der Waals surface area contributed by atoms with Crippen molar-refractivity contribution in [1.82, 2.24) is 4.90 Å². The van der Waals surface area contributed by atoms with E-state index in [-0.39, 0.29) is 0 Å². The standard InChI is InChI=1S/C15H26N4O/c1-11(2)10-19(9-8-18(3)4)13-7-5-6-12(14(13)16)15(17)20/h5-7,11H,8-10,16H2,1-4H3,(H2,17,20). The second-order valence-corrected chi connectivity index (χ2v) is 5.75. The zero-order valence-corrected chi connectivity index (χ0v) is 12.9. The van der Waals surface area contributed by atoms with Gasteiger partial charge < -0.3 is 21.3 Å². The molecule has 0 unspecified atom stereocenters. The first-order chi connectivity index (χ1) is 9.32. The fourth-order valence-corrected chi connectivity index (χ4v) is 2.12. The van der Waals surface area contributed by atoms with Crippen molar-refractivity contribution < 1.29 is 4.79 Å². The molecule has 0 aliphatic rings. The summed E-state index contributed by atoms with van der Waals surface area (Å²) in [6, 6.07) is 5.44. The van der Waals surface area contributed by atoms with Gasteiger partial charge in [0.1, 0.15) is 0 Å². The van der Waals surface area contributed by atoms with Crippen molar-refractivity contribution in [3.05, 3.63) is 23.8 Å². The van der Waals surface area contributed by atoms with E-state index in [2.05, 4.69) is 23.6 Å². The van der Waals surface area contributed by atoms with Crippen LogP contribution in [-0.2, 0) is 0 Å². The highest BCUT2D eigenvalue weighted by molar-refractivity contribution is 6.00. The monoisotopic (exact) mass is 278 g/mol. The highest BCUT2D eigenvalue weighted by Crippen LogP contribution is 2.27. The number of nitrogens with zero attached hydrogens (tertiary/aromatic N) is 2. The van der Waals surface area contributed by atoms with Crippen LogP contribution in [0.25, 0.3) is 0 Å². The van der Waals surface area contributed by atoms with Crippen LogP contribution in [0.4, 0.5) is 11.4 Å². The largest absolute Gasteiger partial charge is 0.396 e. The Kier molecular flexibility index (Phi) is 5.82. The molecule has 0 bridgehead atoms. The molecule has 5 nitrogen and oxygen atoms in total. The van der Waals surface area contributed by atoms with Gasteiger partial charge in [-0.15, -0.1) is 0 Å². The lowest BCUT2D eigenvalue weighted by molar-refractivity contribution is 0.100. The van der Waals surface area contributed by atoms with Gasteiger partial charge in [-0.25, -0.2) is 0 Å². The summed E-state index contributed by atoms with van der Waals surface area (Å²) in [5, 5.41) is 0. The van der Waals surface area contributed by atoms with Crippen molar-refractivity contribution in [2.45, 2.75) is 13.8 Å². The van der Waals surface area contributed by atoms with Crippen molar-refractivity contribution in [1.29, 1.82) is 0 Å². The number of hydrogen-bond donors (Lipinski definition) is 2. The summed E-state index contributed by atoms with van der Waals surface area (Å²) in [7, 11) is 4.08. The van der Waals surface area contributed by atoms with Crippen molar-refractivity contribution in [2.24, 2.45) is 11.7 Å². The molecule has 1 aromatic carbocycles. The van der Waals surface area contributed by atoms with Crippen LogP contribution < -0.4 is 16.4 Å². The molecule has 1 aromatic rings. The Hall–Kier alpha value is -1.75. The summed E-state index contributed by atoms with van der Waals surface area (Å²) in [6.07, 6.45) is 0. The zero-order valence-electron chi connectivity index (χ0n) is 12.9. The van der Waals surface area contributed by atoms with E-state index in [0.29, 0.717) is 17.2 Å². The Labute approximate surface area is 121 Å². The molecular weight excluding hydrogens is 252 g/mol. The average molecular weight is 278 g/mol. The number of amides is 1. The first-order valence-corrected chi connectivity index (χ1v) is 6.91. The summed E-state index contributed by atoms with van der Waals surface area (Å²) in [6.45, 7) is 7.00. The quantitative estimate of drug-likeness (QED) is 0.739. The maximum Gasteiger partial charge on any atom is 0.250 e. The van der Waals surface area contributed by atoms with Crippen LogP contribution in [0.2, 0.25) is 0 Å². The van der Waals surface area contributed by atoms with Gasteiger partial charge in [-0.1, -0.05) is 19.9 Å². The first kappa shape index (κ1) is 16.3. The second kappa shape index (κ2) is 7.14. The van der Waals surface area contributed by atoms with Gasteiger partial charge in [0.2, 0.25) is 0 Å². The molecular formula is C15H26N4O. The van der Waals surface area contributed by atoms with Gasteiger partial charge in [0.25, 0.3) is 5.91 Å². The van der Waals surface area contributed by atoms with Crippen molar-refractivity contribution in [3.63, 3.8) is 0 Å². The molecule has 0 aromatic heterocycles. The van der Waals surface area contributed by atoms with E-state index in [1.165, 1.54) is 0 Å². The molecule has 112 valence electrons. The maximum atomic E-state index is 11.4. The lowest BCUT2D eigenvalue weighted by Gasteiger charge is -2.29. The third-order valence-corrected chi connectivity index (χ3v) is 3.09.